The lowest BCUT2D eigenvalue weighted by atomic mass is 10.1. The van der Waals surface area contributed by atoms with Crippen LogP contribution in [0.4, 0.5) is 69.7 Å². The van der Waals surface area contributed by atoms with E-state index in [0.29, 0.717) is 24.3 Å². The highest BCUT2D eigenvalue weighted by atomic mass is 19.4. The molecule has 0 bridgehead atoms. The van der Waals surface area contributed by atoms with E-state index in [9.17, 15) is 52.7 Å². The molecule has 3 nitrogen and oxygen atoms in total. The number of alkyl halides is 12. The summed E-state index contributed by atoms with van der Waals surface area (Å²) in [7, 11) is 1.30. The molecular formula is C25H13F12N3. The third-order valence-corrected chi connectivity index (χ3v) is 5.67. The Morgan fingerprint density at radius 2 is 0.900 bits per heavy atom. The number of aliphatic imine (C=N–C) groups is 2. The van der Waals surface area contributed by atoms with Crippen molar-refractivity contribution >= 4 is 28.6 Å². The third-order valence-electron chi connectivity index (χ3n) is 5.67. The molecular weight excluding hydrogens is 570 g/mol. The summed E-state index contributed by atoms with van der Waals surface area (Å²) in [5.74, 6) is -0.417. The molecule has 0 radical (unpaired) electrons. The monoisotopic (exact) mass is 583 g/mol. The van der Waals surface area contributed by atoms with Crippen LogP contribution < -0.4 is 4.90 Å². The summed E-state index contributed by atoms with van der Waals surface area (Å²) in [6, 6.07) is 6.79. The maximum Gasteiger partial charge on any atom is 0.416 e. The van der Waals surface area contributed by atoms with E-state index >= 15 is 0 Å². The molecule has 0 aliphatic carbocycles. The van der Waals surface area contributed by atoms with Crippen LogP contribution in [0, 0.1) is 0 Å². The molecule has 40 heavy (non-hydrogen) atoms. The number of hydrogen-bond acceptors (Lipinski definition) is 2. The zero-order chi connectivity index (χ0) is 29.8. The van der Waals surface area contributed by atoms with Crippen LogP contribution in [-0.2, 0) is 24.7 Å². The summed E-state index contributed by atoms with van der Waals surface area (Å²) < 4.78 is 160. The maximum atomic E-state index is 13.4. The summed E-state index contributed by atoms with van der Waals surface area (Å²) in [4.78, 5) is 8.99. The second kappa shape index (κ2) is 9.55. The molecule has 3 aromatic carbocycles. The molecule has 0 spiro atoms. The van der Waals surface area contributed by atoms with Crippen molar-refractivity contribution in [2.75, 3.05) is 11.9 Å². The normalized spacial score (nSPS) is 16.7. The highest BCUT2D eigenvalue weighted by Crippen LogP contribution is 2.41. The van der Waals surface area contributed by atoms with Gasteiger partial charge in [0, 0.05) is 12.6 Å². The number of amidine groups is 1. The number of halogens is 12. The van der Waals surface area contributed by atoms with Crippen LogP contribution in [0.1, 0.15) is 27.8 Å². The highest BCUT2D eigenvalue weighted by Gasteiger charge is 2.39. The standard InChI is InChI=1S/C25H13F12N3/c1-40-19-5-3-2-4-18(19)20(38-16-8-12(22(26,27)28)6-13(9-16)23(29,30)31)21(40)39-17-10-14(24(32,33)34)7-15(11-17)25(35,36)37/h2-11H,1H3. The Bertz CT molecular complexity index is 1440. The number of fused-ring (bicyclic) bond motifs is 1. The van der Waals surface area contributed by atoms with Crippen LogP contribution in [0.25, 0.3) is 0 Å². The number of likely N-dealkylation sites (N-methyl/N-ethyl adjacent to an activating group) is 1. The zero-order valence-electron chi connectivity index (χ0n) is 19.7. The van der Waals surface area contributed by atoms with Gasteiger partial charge in [0.2, 0.25) is 0 Å². The Labute approximate surface area is 217 Å². The first-order chi connectivity index (χ1) is 18.2. The van der Waals surface area contributed by atoms with Gasteiger partial charge in [-0.1, -0.05) is 18.2 Å². The molecule has 0 amide bonds. The maximum absolute atomic E-state index is 13.4. The Morgan fingerprint density at radius 1 is 0.525 bits per heavy atom. The van der Waals surface area contributed by atoms with Crippen molar-refractivity contribution in [3.05, 3.63) is 88.5 Å². The second-order valence-corrected chi connectivity index (χ2v) is 8.50. The second-order valence-electron chi connectivity index (χ2n) is 8.50. The Morgan fingerprint density at radius 3 is 1.30 bits per heavy atom. The lowest BCUT2D eigenvalue weighted by Crippen LogP contribution is -2.26. The molecule has 4 rings (SSSR count). The van der Waals surface area contributed by atoms with Crippen molar-refractivity contribution < 1.29 is 52.7 Å². The van der Waals surface area contributed by atoms with E-state index in [2.05, 4.69) is 9.98 Å². The topological polar surface area (TPSA) is 28.0 Å². The Balaban J connectivity index is 1.98. The minimum atomic E-state index is -5.19. The van der Waals surface area contributed by atoms with Gasteiger partial charge in [-0.2, -0.15) is 52.7 Å². The van der Waals surface area contributed by atoms with E-state index < -0.39 is 64.2 Å². The summed E-state index contributed by atoms with van der Waals surface area (Å²) in [5.41, 5.74) is -8.38. The SMILES string of the molecule is CN1C(=Nc2cc(C(F)(F)F)cc(C(F)(F)F)c2)C(=Nc2cc(C(F)(F)F)cc(C(F)(F)F)c2)c2ccccc21. The Kier molecular flexibility index (Phi) is 6.92. The van der Waals surface area contributed by atoms with Gasteiger partial charge in [0.05, 0.1) is 39.3 Å². The molecule has 1 aliphatic heterocycles. The van der Waals surface area contributed by atoms with E-state index in [1.165, 1.54) is 36.2 Å². The fourth-order valence-corrected chi connectivity index (χ4v) is 3.86. The van der Waals surface area contributed by atoms with Gasteiger partial charge >= 0.3 is 24.7 Å². The van der Waals surface area contributed by atoms with E-state index in [1.807, 2.05) is 0 Å². The average Bonchev–Trinajstić information content (AvgIpc) is 3.07. The van der Waals surface area contributed by atoms with Crippen molar-refractivity contribution in [2.24, 2.45) is 9.98 Å². The third kappa shape index (κ3) is 5.92. The van der Waals surface area contributed by atoms with Gasteiger partial charge in [0.25, 0.3) is 0 Å². The van der Waals surface area contributed by atoms with Gasteiger partial charge < -0.3 is 4.90 Å². The van der Waals surface area contributed by atoms with Crippen LogP contribution in [0.15, 0.2) is 70.6 Å². The predicted molar refractivity (Wildman–Crippen MR) is 121 cm³/mol. The molecule has 212 valence electrons. The molecule has 1 heterocycles. The van der Waals surface area contributed by atoms with Crippen LogP contribution >= 0.6 is 0 Å². The molecule has 0 unspecified atom stereocenters. The van der Waals surface area contributed by atoms with Crippen molar-refractivity contribution in [3.8, 4) is 0 Å². The number of nitrogens with zero attached hydrogens (tertiary/aromatic N) is 3. The van der Waals surface area contributed by atoms with Gasteiger partial charge in [-0.3, -0.25) is 0 Å². The van der Waals surface area contributed by atoms with Crippen LogP contribution in [0.3, 0.4) is 0 Å². The molecule has 1 aliphatic rings. The summed E-state index contributed by atoms with van der Waals surface area (Å²) in [6.45, 7) is 0. The summed E-state index contributed by atoms with van der Waals surface area (Å²) >= 11 is 0. The quantitative estimate of drug-likeness (QED) is 0.277. The molecule has 0 N–H and O–H groups in total. The van der Waals surface area contributed by atoms with E-state index in [1.54, 1.807) is 0 Å². The molecule has 3 aromatic rings. The van der Waals surface area contributed by atoms with E-state index in [4.69, 9.17) is 0 Å². The minimum Gasteiger partial charge on any atom is -0.327 e. The van der Waals surface area contributed by atoms with E-state index in [-0.39, 0.29) is 29.1 Å². The number of hydrogen-bond donors (Lipinski definition) is 0. The zero-order valence-corrected chi connectivity index (χ0v) is 19.7. The van der Waals surface area contributed by atoms with Crippen molar-refractivity contribution in [1.29, 1.82) is 0 Å². The molecule has 0 saturated heterocycles. The lowest BCUT2D eigenvalue weighted by molar-refractivity contribution is -0.144. The van der Waals surface area contributed by atoms with Crippen molar-refractivity contribution in [1.82, 2.24) is 0 Å². The van der Waals surface area contributed by atoms with Gasteiger partial charge in [-0.05, 0) is 42.5 Å². The van der Waals surface area contributed by atoms with Crippen molar-refractivity contribution in [3.63, 3.8) is 0 Å². The number of anilines is 1. The lowest BCUT2D eigenvalue weighted by Gasteiger charge is -2.16. The van der Waals surface area contributed by atoms with Crippen molar-refractivity contribution in [2.45, 2.75) is 24.7 Å². The van der Waals surface area contributed by atoms with Gasteiger partial charge in [0.15, 0.2) is 5.84 Å². The fourth-order valence-electron chi connectivity index (χ4n) is 3.86. The first-order valence-corrected chi connectivity index (χ1v) is 10.8. The summed E-state index contributed by atoms with van der Waals surface area (Å²) in [5, 5.41) is 0. The molecule has 0 saturated carbocycles. The van der Waals surface area contributed by atoms with Crippen LogP contribution in [0.5, 0.6) is 0 Å². The van der Waals surface area contributed by atoms with Crippen LogP contribution in [0.2, 0.25) is 0 Å². The summed E-state index contributed by atoms with van der Waals surface area (Å²) in [6.07, 6.45) is -20.8. The minimum absolute atomic E-state index is 0.109. The molecule has 0 atom stereocenters. The van der Waals surface area contributed by atoms with Crippen LogP contribution in [-0.4, -0.2) is 18.6 Å². The largest absolute Gasteiger partial charge is 0.416 e. The first kappa shape index (κ1) is 29.0. The Hall–Kier alpha value is -4.04. The number of para-hydroxylation sites is 1. The number of rotatable bonds is 2. The molecule has 15 heteroatoms. The number of benzene rings is 3. The van der Waals surface area contributed by atoms with Gasteiger partial charge in [-0.25, -0.2) is 9.98 Å². The molecule has 0 fully saturated rings. The predicted octanol–water partition coefficient (Wildman–Crippen LogP) is 9.06. The molecule has 0 aromatic heterocycles. The smallest absolute Gasteiger partial charge is 0.327 e. The fraction of sp³-hybridized carbons (Fsp3) is 0.200. The highest BCUT2D eigenvalue weighted by molar-refractivity contribution is 6.57. The van der Waals surface area contributed by atoms with E-state index in [0.717, 1.165) is 0 Å². The first-order valence-electron chi connectivity index (χ1n) is 10.8. The average molecular weight is 583 g/mol. The van der Waals surface area contributed by atoms with Gasteiger partial charge in [-0.15, -0.1) is 0 Å². The van der Waals surface area contributed by atoms with Gasteiger partial charge in [0.1, 0.15) is 5.71 Å².